The van der Waals surface area contributed by atoms with Crippen LogP contribution >= 0.6 is 45.2 Å². The van der Waals surface area contributed by atoms with E-state index in [2.05, 4.69) is 22.6 Å². The van der Waals surface area contributed by atoms with Crippen LogP contribution in [-0.4, -0.2) is 15.1 Å². The molecule has 0 saturated heterocycles. The van der Waals surface area contributed by atoms with Gasteiger partial charge in [0, 0.05) is 22.1 Å². The zero-order chi connectivity index (χ0) is 11.4. The van der Waals surface area contributed by atoms with Gasteiger partial charge in [-0.1, -0.05) is 45.2 Å². The van der Waals surface area contributed by atoms with Gasteiger partial charge >= 0.3 is 0 Å². The lowest BCUT2D eigenvalue weighted by Crippen LogP contribution is -2.04. The number of carbonyl (C=O) groups excluding carboxylic acids is 1. The van der Waals surface area contributed by atoms with Gasteiger partial charge in [-0.25, -0.2) is 0 Å². The minimum absolute atomic E-state index is 0.0113. The van der Waals surface area contributed by atoms with Gasteiger partial charge in [0.1, 0.15) is 0 Å². The summed E-state index contributed by atoms with van der Waals surface area (Å²) < 4.78 is 0.983. The average molecular weight is 431 g/mol. The molecule has 0 amide bonds. The van der Waals surface area contributed by atoms with Crippen LogP contribution in [0, 0.1) is 10.1 Å². The summed E-state index contributed by atoms with van der Waals surface area (Å²) in [6, 6.07) is 4.37. The van der Waals surface area contributed by atoms with Crippen LogP contribution < -0.4 is 0 Å². The lowest BCUT2D eigenvalue weighted by Gasteiger charge is -2.03. The maximum Gasteiger partial charge on any atom is 0.269 e. The first-order valence-electron chi connectivity index (χ1n) is 4.02. The number of halogens is 2. The van der Waals surface area contributed by atoms with Crippen LogP contribution in [0.1, 0.15) is 15.9 Å². The number of nitro benzene ring substituents is 1. The van der Waals surface area contributed by atoms with E-state index < -0.39 is 4.92 Å². The molecule has 0 aliphatic rings. The highest BCUT2D eigenvalue weighted by Crippen LogP contribution is 2.21. The average Bonchev–Trinajstić information content (AvgIpc) is 2.27. The summed E-state index contributed by atoms with van der Waals surface area (Å²) in [6.07, 6.45) is 0. The Morgan fingerprint density at radius 3 is 2.53 bits per heavy atom. The summed E-state index contributed by atoms with van der Waals surface area (Å²) in [5.74, 6) is 0.0113. The monoisotopic (exact) mass is 431 g/mol. The van der Waals surface area contributed by atoms with Crippen LogP contribution in [0.4, 0.5) is 5.69 Å². The van der Waals surface area contributed by atoms with E-state index in [0.29, 0.717) is 14.4 Å². The Kier molecular flexibility index (Phi) is 4.90. The van der Waals surface area contributed by atoms with Crippen LogP contribution in [-0.2, 0) is 4.43 Å². The first kappa shape index (κ1) is 12.8. The number of nitrogens with zero attached hydrogens (tertiary/aromatic N) is 1. The van der Waals surface area contributed by atoms with Gasteiger partial charge in [0.2, 0.25) is 0 Å². The van der Waals surface area contributed by atoms with E-state index in [0.717, 1.165) is 5.56 Å². The molecule has 4 nitrogen and oxygen atoms in total. The van der Waals surface area contributed by atoms with E-state index in [1.165, 1.54) is 18.2 Å². The van der Waals surface area contributed by atoms with Gasteiger partial charge in [-0.15, -0.1) is 0 Å². The molecule has 0 heterocycles. The van der Waals surface area contributed by atoms with Crippen molar-refractivity contribution in [3.8, 4) is 0 Å². The highest BCUT2D eigenvalue weighted by Gasteiger charge is 2.14. The molecule has 0 radical (unpaired) electrons. The fourth-order valence-electron chi connectivity index (χ4n) is 1.15. The molecule has 0 fully saturated rings. The molecule has 0 aliphatic heterocycles. The summed E-state index contributed by atoms with van der Waals surface area (Å²) in [5, 5.41) is 10.5. The molecule has 1 rings (SSSR count). The Bertz CT molecular complexity index is 406. The quantitative estimate of drug-likeness (QED) is 0.242. The van der Waals surface area contributed by atoms with Gasteiger partial charge in [0.25, 0.3) is 5.69 Å². The predicted octanol–water partition coefficient (Wildman–Crippen LogP) is 3.15. The van der Waals surface area contributed by atoms with Crippen LogP contribution in [0.15, 0.2) is 18.2 Å². The number of benzene rings is 1. The normalized spacial score (nSPS) is 10.0. The van der Waals surface area contributed by atoms with Crippen LogP contribution in [0.5, 0.6) is 0 Å². The van der Waals surface area contributed by atoms with Gasteiger partial charge < -0.3 is 0 Å². The first-order chi connectivity index (χ1) is 7.10. The van der Waals surface area contributed by atoms with Gasteiger partial charge in [-0.2, -0.15) is 0 Å². The molecule has 6 heteroatoms. The van der Waals surface area contributed by atoms with E-state index in [1.54, 1.807) is 0 Å². The number of ketones is 1. The fraction of sp³-hybridized carbons (Fsp3) is 0.222. The van der Waals surface area contributed by atoms with Crippen molar-refractivity contribution in [2.24, 2.45) is 0 Å². The molecule has 0 saturated carbocycles. The van der Waals surface area contributed by atoms with Crippen molar-refractivity contribution in [1.82, 2.24) is 0 Å². The molecule has 80 valence electrons. The van der Waals surface area contributed by atoms with Crippen molar-refractivity contribution >= 4 is 56.7 Å². The topological polar surface area (TPSA) is 60.2 Å². The Morgan fingerprint density at radius 1 is 1.40 bits per heavy atom. The van der Waals surface area contributed by atoms with Crippen molar-refractivity contribution in [2.45, 2.75) is 4.43 Å². The summed E-state index contributed by atoms with van der Waals surface area (Å²) in [5.41, 5.74) is 1.35. The van der Waals surface area contributed by atoms with Crippen molar-refractivity contribution in [3.05, 3.63) is 39.4 Å². The second-order valence-electron chi connectivity index (χ2n) is 2.79. The summed E-state index contributed by atoms with van der Waals surface area (Å²) >= 11 is 4.08. The molecule has 0 aliphatic carbocycles. The molecule has 15 heavy (non-hydrogen) atoms. The lowest BCUT2D eigenvalue weighted by atomic mass is 10.1. The maximum atomic E-state index is 11.5. The molecule has 0 bridgehead atoms. The zero-order valence-electron chi connectivity index (χ0n) is 7.57. The Hall–Kier alpha value is -0.250. The standard InChI is InChI=1S/C9H7I2NO3/c10-4-6-3-7(12(14)15)1-2-8(6)9(13)5-11/h1-3H,4-5H2. The third kappa shape index (κ3) is 3.10. The number of Topliss-reactive ketones (excluding diaryl/α,β-unsaturated/α-hetero) is 1. The fourth-order valence-corrected chi connectivity index (χ4v) is 2.19. The van der Waals surface area contributed by atoms with Crippen LogP contribution in [0.25, 0.3) is 0 Å². The van der Waals surface area contributed by atoms with Crippen molar-refractivity contribution in [2.75, 3.05) is 4.43 Å². The molecular weight excluding hydrogens is 424 g/mol. The minimum Gasteiger partial charge on any atom is -0.293 e. The van der Waals surface area contributed by atoms with Crippen molar-refractivity contribution < 1.29 is 9.72 Å². The minimum atomic E-state index is -0.450. The summed E-state index contributed by atoms with van der Waals surface area (Å²) in [7, 11) is 0. The molecular formula is C9H7I2NO3. The second-order valence-corrected chi connectivity index (χ2v) is 4.31. The number of alkyl halides is 2. The highest BCUT2D eigenvalue weighted by atomic mass is 127. The molecule has 0 aromatic heterocycles. The van der Waals surface area contributed by atoms with Crippen LogP contribution in [0.3, 0.4) is 0 Å². The highest BCUT2D eigenvalue weighted by molar-refractivity contribution is 14.1. The molecule has 0 N–H and O–H groups in total. The third-order valence-corrected chi connectivity index (χ3v) is 3.38. The van der Waals surface area contributed by atoms with Gasteiger partial charge in [-0.05, 0) is 11.6 Å². The van der Waals surface area contributed by atoms with E-state index in [1.807, 2.05) is 22.6 Å². The Labute approximate surface area is 114 Å². The predicted molar refractivity (Wildman–Crippen MR) is 74.0 cm³/mol. The summed E-state index contributed by atoms with van der Waals surface area (Å²) in [6.45, 7) is 0. The van der Waals surface area contributed by atoms with E-state index in [4.69, 9.17) is 0 Å². The zero-order valence-corrected chi connectivity index (χ0v) is 11.9. The first-order valence-corrected chi connectivity index (χ1v) is 7.07. The largest absolute Gasteiger partial charge is 0.293 e. The Balaban J connectivity index is 3.20. The third-order valence-electron chi connectivity index (χ3n) is 1.87. The second kappa shape index (κ2) is 5.73. The number of rotatable bonds is 4. The molecule has 0 unspecified atom stereocenters. The van der Waals surface area contributed by atoms with Crippen LogP contribution in [0.2, 0.25) is 0 Å². The number of hydrogen-bond donors (Lipinski definition) is 0. The van der Waals surface area contributed by atoms with E-state index in [-0.39, 0.29) is 11.5 Å². The Morgan fingerprint density at radius 2 is 2.07 bits per heavy atom. The molecule has 0 atom stereocenters. The smallest absolute Gasteiger partial charge is 0.269 e. The number of carbonyl (C=O) groups is 1. The molecule has 0 spiro atoms. The van der Waals surface area contributed by atoms with E-state index in [9.17, 15) is 14.9 Å². The van der Waals surface area contributed by atoms with E-state index >= 15 is 0 Å². The maximum absolute atomic E-state index is 11.5. The van der Waals surface area contributed by atoms with Gasteiger partial charge in [0.15, 0.2) is 5.78 Å². The summed E-state index contributed by atoms with van der Waals surface area (Å²) in [4.78, 5) is 21.6. The van der Waals surface area contributed by atoms with Crippen molar-refractivity contribution in [3.63, 3.8) is 0 Å². The number of hydrogen-bond acceptors (Lipinski definition) is 3. The number of nitro groups is 1. The number of non-ortho nitro benzene ring substituents is 1. The SMILES string of the molecule is O=C(CI)c1ccc([N+](=O)[O-])cc1CI. The molecule has 1 aromatic rings. The van der Waals surface area contributed by atoms with Gasteiger partial charge in [-0.3, -0.25) is 14.9 Å². The van der Waals surface area contributed by atoms with Crippen molar-refractivity contribution in [1.29, 1.82) is 0 Å². The lowest BCUT2D eigenvalue weighted by molar-refractivity contribution is -0.384. The molecule has 1 aromatic carbocycles. The van der Waals surface area contributed by atoms with Gasteiger partial charge in [0.05, 0.1) is 9.35 Å².